The van der Waals surface area contributed by atoms with Crippen molar-refractivity contribution in [2.24, 2.45) is 10.9 Å². The van der Waals surface area contributed by atoms with Gasteiger partial charge in [0, 0.05) is 5.56 Å². The lowest BCUT2D eigenvalue weighted by Crippen LogP contribution is -2.13. The molecule has 0 aliphatic carbocycles. The lowest BCUT2D eigenvalue weighted by atomic mass is 10.1. The maximum atomic E-state index is 5.72. The Kier molecular flexibility index (Phi) is 3.98. The Morgan fingerprint density at radius 1 is 1.21 bits per heavy atom. The Bertz CT molecular complexity index is 494. The van der Waals surface area contributed by atoms with Crippen molar-refractivity contribution < 1.29 is 14.2 Å². The molecule has 104 valence electrons. The fraction of sp³-hybridized carbons (Fsp3) is 0.533. The van der Waals surface area contributed by atoms with Crippen LogP contribution in [-0.2, 0) is 4.74 Å². The van der Waals surface area contributed by atoms with E-state index in [9.17, 15) is 0 Å². The number of aliphatic imine (C=N–C) groups is 1. The zero-order valence-electron chi connectivity index (χ0n) is 12.2. The molecule has 0 fully saturated rings. The lowest BCUT2D eigenvalue weighted by molar-refractivity contribution is 0.291. The van der Waals surface area contributed by atoms with E-state index in [2.05, 4.69) is 18.8 Å². The summed E-state index contributed by atoms with van der Waals surface area (Å²) in [7, 11) is 3.26. The van der Waals surface area contributed by atoms with Gasteiger partial charge in [0.1, 0.15) is 6.61 Å². The second-order valence-electron chi connectivity index (χ2n) is 5.08. The number of methoxy groups -OCH3 is 2. The van der Waals surface area contributed by atoms with Gasteiger partial charge in [-0.2, -0.15) is 0 Å². The van der Waals surface area contributed by atoms with Gasteiger partial charge in [0.2, 0.25) is 5.90 Å². The average Bonchev–Trinajstić information content (AvgIpc) is 2.87. The first-order chi connectivity index (χ1) is 9.06. The highest BCUT2D eigenvalue weighted by Gasteiger charge is 2.24. The fourth-order valence-corrected chi connectivity index (χ4v) is 2.09. The van der Waals surface area contributed by atoms with Crippen LogP contribution >= 0.6 is 0 Å². The van der Waals surface area contributed by atoms with Crippen molar-refractivity contribution in [2.45, 2.75) is 26.8 Å². The molecule has 0 amide bonds. The highest BCUT2D eigenvalue weighted by Crippen LogP contribution is 2.31. The first kappa shape index (κ1) is 13.7. The van der Waals surface area contributed by atoms with Crippen LogP contribution in [0.15, 0.2) is 17.1 Å². The predicted octanol–water partition coefficient (Wildman–Crippen LogP) is 2.81. The summed E-state index contributed by atoms with van der Waals surface area (Å²) in [5.74, 6) is 2.61. The molecule has 0 spiro atoms. The maximum absolute atomic E-state index is 5.72. The van der Waals surface area contributed by atoms with Gasteiger partial charge in [-0.05, 0) is 30.5 Å². The van der Waals surface area contributed by atoms with E-state index in [1.54, 1.807) is 14.2 Å². The molecule has 0 aromatic heterocycles. The Labute approximate surface area is 114 Å². The van der Waals surface area contributed by atoms with Crippen molar-refractivity contribution in [1.29, 1.82) is 0 Å². The SMILES string of the molecule is COc1cc(C)c(C2=N[C@@H](C(C)C)CO2)cc1OC. The molecule has 4 heteroatoms. The minimum Gasteiger partial charge on any atom is -0.493 e. The molecular weight excluding hydrogens is 242 g/mol. The third-order valence-electron chi connectivity index (χ3n) is 3.40. The zero-order valence-corrected chi connectivity index (χ0v) is 12.2. The lowest BCUT2D eigenvalue weighted by Gasteiger charge is -2.12. The fourth-order valence-electron chi connectivity index (χ4n) is 2.09. The number of nitrogens with zero attached hydrogens (tertiary/aromatic N) is 1. The highest BCUT2D eigenvalue weighted by molar-refractivity contribution is 5.97. The quantitative estimate of drug-likeness (QED) is 0.838. The number of rotatable bonds is 4. The molecule has 1 aromatic carbocycles. The van der Waals surface area contributed by atoms with Crippen LogP contribution in [-0.4, -0.2) is 32.8 Å². The van der Waals surface area contributed by atoms with Crippen LogP contribution in [0.4, 0.5) is 0 Å². The van der Waals surface area contributed by atoms with Gasteiger partial charge in [-0.25, -0.2) is 4.99 Å². The Balaban J connectivity index is 2.38. The summed E-state index contributed by atoms with van der Waals surface area (Å²) in [4.78, 5) is 4.65. The first-order valence-corrected chi connectivity index (χ1v) is 6.50. The summed E-state index contributed by atoms with van der Waals surface area (Å²) in [6.45, 7) is 6.98. The first-order valence-electron chi connectivity index (χ1n) is 6.50. The molecule has 0 radical (unpaired) electrons. The van der Waals surface area contributed by atoms with E-state index in [1.807, 2.05) is 19.1 Å². The molecular formula is C15H21NO3. The van der Waals surface area contributed by atoms with Crippen LogP contribution in [0.2, 0.25) is 0 Å². The van der Waals surface area contributed by atoms with Gasteiger partial charge >= 0.3 is 0 Å². The average molecular weight is 263 g/mol. The second kappa shape index (κ2) is 5.51. The second-order valence-corrected chi connectivity index (χ2v) is 5.08. The van der Waals surface area contributed by atoms with Gasteiger partial charge in [0.15, 0.2) is 11.5 Å². The highest BCUT2D eigenvalue weighted by atomic mass is 16.5. The van der Waals surface area contributed by atoms with E-state index < -0.39 is 0 Å². The number of hydrogen-bond acceptors (Lipinski definition) is 4. The summed E-state index contributed by atoms with van der Waals surface area (Å²) in [5.41, 5.74) is 2.04. The molecule has 0 unspecified atom stereocenters. The summed E-state index contributed by atoms with van der Waals surface area (Å²) in [6.07, 6.45) is 0. The van der Waals surface area contributed by atoms with Gasteiger partial charge in [0.05, 0.1) is 20.3 Å². The summed E-state index contributed by atoms with van der Waals surface area (Å²) in [5, 5.41) is 0. The number of hydrogen-bond donors (Lipinski definition) is 0. The van der Waals surface area contributed by atoms with Crippen molar-refractivity contribution in [3.05, 3.63) is 23.3 Å². The van der Waals surface area contributed by atoms with Crippen molar-refractivity contribution in [1.82, 2.24) is 0 Å². The molecule has 4 nitrogen and oxygen atoms in total. The third-order valence-corrected chi connectivity index (χ3v) is 3.40. The molecule has 1 aliphatic heterocycles. The van der Waals surface area contributed by atoms with Gasteiger partial charge < -0.3 is 14.2 Å². The molecule has 0 bridgehead atoms. The zero-order chi connectivity index (χ0) is 14.0. The smallest absolute Gasteiger partial charge is 0.216 e. The molecule has 1 aromatic rings. The van der Waals surface area contributed by atoms with E-state index in [0.717, 1.165) is 16.9 Å². The molecule has 0 saturated heterocycles. The van der Waals surface area contributed by atoms with Gasteiger partial charge in [-0.15, -0.1) is 0 Å². The van der Waals surface area contributed by atoms with Crippen LogP contribution in [0.5, 0.6) is 11.5 Å². The van der Waals surface area contributed by atoms with Crippen molar-refractivity contribution >= 4 is 5.90 Å². The van der Waals surface area contributed by atoms with Crippen LogP contribution in [0.1, 0.15) is 25.0 Å². The van der Waals surface area contributed by atoms with Crippen LogP contribution in [0.3, 0.4) is 0 Å². The van der Waals surface area contributed by atoms with Gasteiger partial charge in [0.25, 0.3) is 0 Å². The monoisotopic (exact) mass is 263 g/mol. The summed E-state index contributed by atoms with van der Waals surface area (Å²) >= 11 is 0. The van der Waals surface area contributed by atoms with Gasteiger partial charge in [-0.1, -0.05) is 13.8 Å². The number of aryl methyl sites for hydroxylation is 1. The molecule has 0 N–H and O–H groups in total. The minimum absolute atomic E-state index is 0.238. The molecule has 1 atom stereocenters. The molecule has 2 rings (SSSR count). The van der Waals surface area contributed by atoms with Crippen molar-refractivity contribution in [3.63, 3.8) is 0 Å². The molecule has 19 heavy (non-hydrogen) atoms. The van der Waals surface area contributed by atoms with Gasteiger partial charge in [-0.3, -0.25) is 0 Å². The van der Waals surface area contributed by atoms with E-state index >= 15 is 0 Å². The van der Waals surface area contributed by atoms with Crippen molar-refractivity contribution in [2.75, 3.05) is 20.8 Å². The largest absolute Gasteiger partial charge is 0.493 e. The van der Waals surface area contributed by atoms with E-state index in [1.165, 1.54) is 0 Å². The normalized spacial score (nSPS) is 18.2. The van der Waals surface area contributed by atoms with E-state index in [0.29, 0.717) is 24.2 Å². The van der Waals surface area contributed by atoms with E-state index in [4.69, 9.17) is 14.2 Å². The minimum atomic E-state index is 0.238. The maximum Gasteiger partial charge on any atom is 0.216 e. The van der Waals surface area contributed by atoms with Crippen LogP contribution in [0, 0.1) is 12.8 Å². The molecule has 0 saturated carbocycles. The standard InChI is InChI=1S/C15H21NO3/c1-9(2)12-8-19-15(16-12)11-7-14(18-5)13(17-4)6-10(11)3/h6-7,9,12H,8H2,1-5H3/t12-/m1/s1. The van der Waals surface area contributed by atoms with Crippen LogP contribution < -0.4 is 9.47 Å². The Morgan fingerprint density at radius 2 is 1.84 bits per heavy atom. The molecule has 1 heterocycles. The molecule has 1 aliphatic rings. The summed E-state index contributed by atoms with van der Waals surface area (Å²) in [6, 6.07) is 4.11. The third kappa shape index (κ3) is 2.67. The predicted molar refractivity (Wildman–Crippen MR) is 75.4 cm³/mol. The van der Waals surface area contributed by atoms with E-state index in [-0.39, 0.29) is 6.04 Å². The Morgan fingerprint density at radius 3 is 2.37 bits per heavy atom. The Hall–Kier alpha value is -1.71. The van der Waals surface area contributed by atoms with Crippen molar-refractivity contribution in [3.8, 4) is 11.5 Å². The topological polar surface area (TPSA) is 40.0 Å². The number of ether oxygens (including phenoxy) is 3. The summed E-state index contributed by atoms with van der Waals surface area (Å²) < 4.78 is 16.3. The van der Waals surface area contributed by atoms with Crippen LogP contribution in [0.25, 0.3) is 0 Å². The number of benzene rings is 1.